The van der Waals surface area contributed by atoms with E-state index in [2.05, 4.69) is 41.5 Å². The number of unbranched alkanes of at least 4 members (excludes halogenated alkanes) is 3. The lowest BCUT2D eigenvalue weighted by molar-refractivity contribution is -0.122. The lowest BCUT2D eigenvalue weighted by atomic mass is 10.0. The topological polar surface area (TPSA) is 68.0 Å². The van der Waals surface area contributed by atoms with Crippen LogP contribution in [-0.4, -0.2) is 17.4 Å². The number of hydrogen-bond acceptors (Lipinski definition) is 3. The van der Waals surface area contributed by atoms with Crippen molar-refractivity contribution in [2.45, 2.75) is 51.5 Å². The number of aromatic nitrogens is 1. The van der Waals surface area contributed by atoms with Crippen molar-refractivity contribution >= 4 is 5.91 Å². The molecule has 4 nitrogen and oxygen atoms in total. The van der Waals surface area contributed by atoms with Crippen LogP contribution in [0, 0.1) is 6.92 Å². The third-order valence-electron chi connectivity index (χ3n) is 4.30. The van der Waals surface area contributed by atoms with Crippen molar-refractivity contribution in [1.82, 2.24) is 10.3 Å². The van der Waals surface area contributed by atoms with Crippen LogP contribution in [0.3, 0.4) is 0 Å². The summed E-state index contributed by atoms with van der Waals surface area (Å²) in [6.45, 7) is 2.80. The summed E-state index contributed by atoms with van der Waals surface area (Å²) in [5.74, 6) is 0.0931. The van der Waals surface area contributed by atoms with Crippen LogP contribution in [0.15, 0.2) is 48.7 Å². The van der Waals surface area contributed by atoms with E-state index in [-0.39, 0.29) is 11.9 Å². The van der Waals surface area contributed by atoms with E-state index < -0.39 is 0 Å². The highest BCUT2D eigenvalue weighted by Gasteiger charge is 2.16. The van der Waals surface area contributed by atoms with Gasteiger partial charge in [0.2, 0.25) is 5.91 Å². The Morgan fingerprint density at radius 2 is 1.84 bits per heavy atom. The van der Waals surface area contributed by atoms with Gasteiger partial charge in [-0.05, 0) is 50.4 Å². The maximum Gasteiger partial charge on any atom is 0.220 e. The standard InChI is InChI=1S/C21H29N3O/c1-17-10-12-18(13-11-17)16-20(19-8-5-7-15-23-19)24-21(25)9-4-2-3-6-14-22/h5,7-8,10-13,15,20H,2-4,6,9,14,16,22H2,1H3,(H,24,25). The molecule has 0 aliphatic heterocycles. The minimum Gasteiger partial charge on any atom is -0.347 e. The lowest BCUT2D eigenvalue weighted by Gasteiger charge is -2.19. The number of rotatable bonds is 10. The molecule has 1 unspecified atom stereocenters. The molecular weight excluding hydrogens is 310 g/mol. The molecule has 0 fully saturated rings. The predicted molar refractivity (Wildman–Crippen MR) is 102 cm³/mol. The van der Waals surface area contributed by atoms with Gasteiger partial charge >= 0.3 is 0 Å². The second-order valence-corrected chi connectivity index (χ2v) is 6.52. The highest BCUT2D eigenvalue weighted by atomic mass is 16.1. The molecule has 2 rings (SSSR count). The maximum absolute atomic E-state index is 12.3. The van der Waals surface area contributed by atoms with Gasteiger partial charge in [0.25, 0.3) is 0 Å². The first-order valence-corrected chi connectivity index (χ1v) is 9.15. The number of nitrogens with zero attached hydrogens (tertiary/aromatic N) is 1. The summed E-state index contributed by atoms with van der Waals surface area (Å²) < 4.78 is 0. The largest absolute Gasteiger partial charge is 0.347 e. The zero-order chi connectivity index (χ0) is 17.9. The average Bonchev–Trinajstić information content (AvgIpc) is 2.63. The molecule has 1 heterocycles. The molecule has 1 aromatic heterocycles. The summed E-state index contributed by atoms with van der Waals surface area (Å²) in [5, 5.41) is 3.16. The molecule has 0 saturated heterocycles. The molecule has 0 aliphatic carbocycles. The number of carbonyl (C=O) groups excluding carboxylic acids is 1. The summed E-state index contributed by atoms with van der Waals surface area (Å²) in [7, 11) is 0. The van der Waals surface area contributed by atoms with E-state index in [1.165, 1.54) is 11.1 Å². The first-order valence-electron chi connectivity index (χ1n) is 9.15. The Morgan fingerprint density at radius 3 is 2.52 bits per heavy atom. The first-order chi connectivity index (χ1) is 12.2. The van der Waals surface area contributed by atoms with E-state index in [4.69, 9.17) is 5.73 Å². The number of aryl methyl sites for hydroxylation is 1. The van der Waals surface area contributed by atoms with Crippen molar-refractivity contribution in [2.75, 3.05) is 6.54 Å². The monoisotopic (exact) mass is 339 g/mol. The Balaban J connectivity index is 1.95. The van der Waals surface area contributed by atoms with Crippen molar-refractivity contribution in [2.24, 2.45) is 5.73 Å². The van der Waals surface area contributed by atoms with Crippen LogP contribution in [0.4, 0.5) is 0 Å². The predicted octanol–water partition coefficient (Wildman–Crippen LogP) is 3.70. The van der Waals surface area contributed by atoms with Crippen LogP contribution in [0.5, 0.6) is 0 Å². The Labute approximate surface area is 150 Å². The zero-order valence-electron chi connectivity index (χ0n) is 15.1. The van der Waals surface area contributed by atoms with Crippen molar-refractivity contribution in [3.63, 3.8) is 0 Å². The van der Waals surface area contributed by atoms with E-state index in [9.17, 15) is 4.79 Å². The molecule has 3 N–H and O–H groups in total. The number of nitrogens with two attached hydrogens (primary N) is 1. The Kier molecular flexibility index (Phi) is 8.13. The Hall–Kier alpha value is -2.20. The normalized spacial score (nSPS) is 11.9. The molecule has 2 aromatic rings. The second kappa shape index (κ2) is 10.6. The highest BCUT2D eigenvalue weighted by molar-refractivity contribution is 5.76. The number of carbonyl (C=O) groups is 1. The van der Waals surface area contributed by atoms with E-state index in [1.54, 1.807) is 6.20 Å². The fraction of sp³-hybridized carbons (Fsp3) is 0.429. The van der Waals surface area contributed by atoms with E-state index >= 15 is 0 Å². The maximum atomic E-state index is 12.3. The number of hydrogen-bond donors (Lipinski definition) is 2. The first kappa shape index (κ1) is 19.1. The molecule has 25 heavy (non-hydrogen) atoms. The summed E-state index contributed by atoms with van der Waals surface area (Å²) in [5.41, 5.74) is 8.83. The SMILES string of the molecule is Cc1ccc(CC(NC(=O)CCCCCCN)c2ccccn2)cc1. The van der Waals surface area contributed by atoms with Crippen molar-refractivity contribution in [1.29, 1.82) is 0 Å². The van der Waals surface area contributed by atoms with Crippen LogP contribution in [-0.2, 0) is 11.2 Å². The average molecular weight is 339 g/mol. The summed E-state index contributed by atoms with van der Waals surface area (Å²) in [6, 6.07) is 14.2. The van der Waals surface area contributed by atoms with Crippen molar-refractivity contribution in [3.8, 4) is 0 Å². The molecule has 1 atom stereocenters. The fourth-order valence-electron chi connectivity index (χ4n) is 2.82. The molecule has 0 bridgehead atoms. The van der Waals surface area contributed by atoms with Gasteiger partial charge in [0, 0.05) is 12.6 Å². The van der Waals surface area contributed by atoms with Gasteiger partial charge in [-0.15, -0.1) is 0 Å². The molecule has 0 radical (unpaired) electrons. The van der Waals surface area contributed by atoms with Crippen LogP contribution < -0.4 is 11.1 Å². The van der Waals surface area contributed by atoms with Gasteiger partial charge in [-0.25, -0.2) is 0 Å². The molecular formula is C21H29N3O. The van der Waals surface area contributed by atoms with Gasteiger partial charge in [-0.3, -0.25) is 9.78 Å². The van der Waals surface area contributed by atoms with Crippen LogP contribution in [0.2, 0.25) is 0 Å². The number of pyridine rings is 1. The van der Waals surface area contributed by atoms with Gasteiger partial charge in [0.05, 0.1) is 11.7 Å². The third kappa shape index (κ3) is 7.06. The van der Waals surface area contributed by atoms with Crippen LogP contribution in [0.1, 0.15) is 55.0 Å². The molecule has 0 spiro atoms. The Morgan fingerprint density at radius 1 is 1.08 bits per heavy atom. The number of benzene rings is 1. The minimum atomic E-state index is -0.0968. The van der Waals surface area contributed by atoms with E-state index in [1.807, 2.05) is 18.2 Å². The highest BCUT2D eigenvalue weighted by Crippen LogP contribution is 2.17. The van der Waals surface area contributed by atoms with Crippen molar-refractivity contribution < 1.29 is 4.79 Å². The van der Waals surface area contributed by atoms with E-state index in [0.29, 0.717) is 6.42 Å². The van der Waals surface area contributed by atoms with E-state index in [0.717, 1.165) is 44.3 Å². The summed E-state index contributed by atoms with van der Waals surface area (Å²) in [6.07, 6.45) is 7.17. The van der Waals surface area contributed by atoms with Crippen LogP contribution >= 0.6 is 0 Å². The third-order valence-corrected chi connectivity index (χ3v) is 4.30. The summed E-state index contributed by atoms with van der Waals surface area (Å²) >= 11 is 0. The summed E-state index contributed by atoms with van der Waals surface area (Å²) in [4.78, 5) is 16.8. The van der Waals surface area contributed by atoms with Crippen LogP contribution in [0.25, 0.3) is 0 Å². The van der Waals surface area contributed by atoms with Gasteiger partial charge in [0.15, 0.2) is 0 Å². The molecule has 4 heteroatoms. The fourth-order valence-corrected chi connectivity index (χ4v) is 2.82. The van der Waals surface area contributed by atoms with Gasteiger partial charge in [0.1, 0.15) is 0 Å². The van der Waals surface area contributed by atoms with Gasteiger partial charge in [-0.2, -0.15) is 0 Å². The second-order valence-electron chi connectivity index (χ2n) is 6.52. The lowest BCUT2D eigenvalue weighted by Crippen LogP contribution is -2.30. The number of nitrogens with one attached hydrogen (secondary N) is 1. The molecule has 1 amide bonds. The minimum absolute atomic E-state index is 0.0931. The molecule has 0 saturated carbocycles. The smallest absolute Gasteiger partial charge is 0.220 e. The number of amides is 1. The molecule has 0 aliphatic rings. The van der Waals surface area contributed by atoms with Crippen molar-refractivity contribution in [3.05, 3.63) is 65.5 Å². The Bertz CT molecular complexity index is 625. The quantitative estimate of drug-likeness (QED) is 0.649. The van der Waals surface area contributed by atoms with Gasteiger partial charge < -0.3 is 11.1 Å². The molecule has 134 valence electrons. The van der Waals surface area contributed by atoms with Gasteiger partial charge in [-0.1, -0.05) is 48.7 Å². The molecule has 1 aromatic carbocycles. The zero-order valence-corrected chi connectivity index (χ0v) is 15.1.